The maximum atomic E-state index is 6.47. The Labute approximate surface area is 311 Å². The molecule has 0 unspecified atom stereocenters. The minimum Gasteiger partial charge on any atom is -0.509 e. The van der Waals surface area contributed by atoms with Gasteiger partial charge in [-0.2, -0.15) is 36.4 Å². The predicted molar refractivity (Wildman–Crippen MR) is 178 cm³/mol. The third-order valence-corrected chi connectivity index (χ3v) is 8.11. The molecule has 0 spiro atoms. The van der Waals surface area contributed by atoms with E-state index < -0.39 is 0 Å². The molecule has 0 atom stereocenters. The van der Waals surface area contributed by atoms with Crippen molar-refractivity contribution in [1.29, 1.82) is 0 Å². The first kappa shape index (κ1) is 31.2. The number of para-hydroxylation sites is 2. The van der Waals surface area contributed by atoms with Crippen LogP contribution in [-0.2, 0) is 53.8 Å². The third-order valence-electron chi connectivity index (χ3n) is 8.11. The fraction of sp³-hybridized carbons (Fsp3) is 0. The molecule has 5 nitrogen and oxygen atoms in total. The molecule has 223 valence electrons. The number of hydrogen-bond donors (Lipinski definition) is 0. The summed E-state index contributed by atoms with van der Waals surface area (Å²) in [5.41, 5.74) is 5.73. The first-order valence-electron chi connectivity index (χ1n) is 14.7. The van der Waals surface area contributed by atoms with E-state index in [4.69, 9.17) is 9.72 Å². The molecule has 9 aromatic rings. The molecule has 0 saturated heterocycles. The predicted octanol–water partition coefficient (Wildman–Crippen LogP) is 9.33. The van der Waals surface area contributed by atoms with Gasteiger partial charge in [0.25, 0.3) is 0 Å². The van der Waals surface area contributed by atoms with Crippen molar-refractivity contribution in [3.63, 3.8) is 0 Å². The van der Waals surface area contributed by atoms with Crippen molar-refractivity contribution in [3.05, 3.63) is 158 Å². The van der Waals surface area contributed by atoms with Gasteiger partial charge in [0.05, 0.1) is 5.82 Å². The molecule has 0 saturated carbocycles. The van der Waals surface area contributed by atoms with Gasteiger partial charge in [0.15, 0.2) is 0 Å². The fourth-order valence-electron chi connectivity index (χ4n) is 6.14. The van der Waals surface area contributed by atoms with Crippen LogP contribution in [0.2, 0.25) is 0 Å². The van der Waals surface area contributed by atoms with E-state index in [1.54, 1.807) is 6.20 Å². The summed E-state index contributed by atoms with van der Waals surface area (Å²) in [7, 11) is 0. The van der Waals surface area contributed by atoms with Crippen molar-refractivity contribution in [2.24, 2.45) is 0 Å². The van der Waals surface area contributed by atoms with Gasteiger partial charge in [-0.15, -0.1) is 41.1 Å². The molecule has 7 heteroatoms. The second kappa shape index (κ2) is 13.0. The van der Waals surface area contributed by atoms with Crippen LogP contribution in [0.1, 0.15) is 0 Å². The molecule has 0 N–H and O–H groups in total. The van der Waals surface area contributed by atoms with Gasteiger partial charge >= 0.3 is 21.1 Å². The zero-order valence-corrected chi connectivity index (χ0v) is 29.9. The average molecular weight is 859 g/mol. The number of pyridine rings is 2. The van der Waals surface area contributed by atoms with E-state index >= 15 is 0 Å². The number of rotatable bonds is 5. The summed E-state index contributed by atoms with van der Waals surface area (Å²) in [4.78, 5) is 9.37. The maximum Gasteiger partial charge on any atom is 2.00 e. The zero-order valence-electron chi connectivity index (χ0n) is 24.8. The molecule has 4 heterocycles. The average Bonchev–Trinajstić information content (AvgIpc) is 3.61. The molecule has 9 rings (SSSR count). The monoisotopic (exact) mass is 858 g/mol. The summed E-state index contributed by atoms with van der Waals surface area (Å²) < 4.78 is 10.7. The minimum absolute atomic E-state index is 0. The Morgan fingerprint density at radius 2 is 1.15 bits per heavy atom. The van der Waals surface area contributed by atoms with Gasteiger partial charge in [-0.05, 0) is 41.2 Å². The Bertz CT molecular complexity index is 2530. The summed E-state index contributed by atoms with van der Waals surface area (Å²) in [6, 6.07) is 54.4. The van der Waals surface area contributed by atoms with Crippen molar-refractivity contribution in [3.8, 4) is 34.3 Å². The van der Waals surface area contributed by atoms with E-state index in [-0.39, 0.29) is 53.8 Å². The van der Waals surface area contributed by atoms with Crippen LogP contribution in [0.5, 0.6) is 11.5 Å². The van der Waals surface area contributed by atoms with Gasteiger partial charge in [0.1, 0.15) is 5.82 Å². The van der Waals surface area contributed by atoms with E-state index in [0.29, 0.717) is 17.3 Å². The minimum atomic E-state index is 0. The Balaban J connectivity index is 0.00000176. The summed E-state index contributed by atoms with van der Waals surface area (Å²) in [5, 5.41) is 4.38. The van der Waals surface area contributed by atoms with Crippen LogP contribution in [0.15, 0.2) is 134 Å². The summed E-state index contributed by atoms with van der Waals surface area (Å²) in [5.74, 6) is 2.67. The van der Waals surface area contributed by atoms with Crippen LogP contribution in [0.4, 0.5) is 0 Å². The molecule has 5 aromatic carbocycles. The molecule has 4 aromatic heterocycles. The van der Waals surface area contributed by atoms with Crippen LogP contribution < -0.4 is 4.74 Å². The zero-order chi connectivity index (χ0) is 29.7. The SMILES string of the molecule is [Pt+2].[Y].[c-]1ccccc1-c1[c-]c(-n2c3[c-]c(Oc4[c-]c5c(cc4)c4ccccc4n5-c4ccccn4)ccc3c3ccccc32)ncc1. The number of hydrogen-bond acceptors (Lipinski definition) is 3. The Hall–Kier alpha value is -4.41. The second-order valence-corrected chi connectivity index (χ2v) is 10.7. The normalized spacial score (nSPS) is 11.1. The van der Waals surface area contributed by atoms with Crippen LogP contribution in [0.3, 0.4) is 0 Å². The molecule has 0 aliphatic heterocycles. The van der Waals surface area contributed by atoms with Crippen molar-refractivity contribution >= 4 is 43.6 Å². The van der Waals surface area contributed by atoms with Gasteiger partial charge in [-0.3, -0.25) is 16.1 Å². The first-order valence-corrected chi connectivity index (χ1v) is 14.7. The van der Waals surface area contributed by atoms with E-state index in [1.165, 1.54) is 0 Å². The topological polar surface area (TPSA) is 44.9 Å². The summed E-state index contributed by atoms with van der Waals surface area (Å²) in [6.07, 6.45) is 3.62. The Kier molecular flexibility index (Phi) is 8.63. The summed E-state index contributed by atoms with van der Waals surface area (Å²) >= 11 is 0. The molecule has 0 aliphatic rings. The van der Waals surface area contributed by atoms with Crippen LogP contribution in [0, 0.1) is 24.3 Å². The van der Waals surface area contributed by atoms with Crippen molar-refractivity contribution in [2.45, 2.75) is 0 Å². The van der Waals surface area contributed by atoms with Crippen molar-refractivity contribution in [2.75, 3.05) is 0 Å². The molecule has 0 aliphatic carbocycles. The van der Waals surface area contributed by atoms with E-state index in [2.05, 4.69) is 80.8 Å². The van der Waals surface area contributed by atoms with E-state index in [0.717, 1.165) is 60.6 Å². The van der Waals surface area contributed by atoms with E-state index in [9.17, 15) is 0 Å². The smallest absolute Gasteiger partial charge is 0.509 e. The molecule has 1 radical (unpaired) electrons. The third kappa shape index (κ3) is 5.43. The summed E-state index contributed by atoms with van der Waals surface area (Å²) in [6.45, 7) is 0. The van der Waals surface area contributed by atoms with Gasteiger partial charge < -0.3 is 13.9 Å². The van der Waals surface area contributed by atoms with Crippen molar-refractivity contribution in [1.82, 2.24) is 19.1 Å². The Morgan fingerprint density at radius 1 is 0.511 bits per heavy atom. The van der Waals surface area contributed by atoms with Gasteiger partial charge in [0, 0.05) is 61.4 Å². The molecule has 0 fully saturated rings. The quantitative estimate of drug-likeness (QED) is 0.162. The first-order chi connectivity index (χ1) is 22.3. The maximum absolute atomic E-state index is 6.47. The van der Waals surface area contributed by atoms with Crippen LogP contribution in [0.25, 0.3) is 66.4 Å². The number of benzene rings is 5. The second-order valence-electron chi connectivity index (χ2n) is 10.7. The number of ether oxygens (including phenoxy) is 1. The van der Waals surface area contributed by atoms with Crippen LogP contribution >= 0.6 is 0 Å². The van der Waals surface area contributed by atoms with Gasteiger partial charge in [0.2, 0.25) is 0 Å². The molecular formula is C40H22N4OPtY-2. The van der Waals surface area contributed by atoms with Crippen molar-refractivity contribution < 1.29 is 58.5 Å². The Morgan fingerprint density at radius 3 is 1.81 bits per heavy atom. The number of fused-ring (bicyclic) bond motifs is 6. The fourth-order valence-corrected chi connectivity index (χ4v) is 6.14. The van der Waals surface area contributed by atoms with Gasteiger partial charge in [-0.1, -0.05) is 53.5 Å². The molecule has 47 heavy (non-hydrogen) atoms. The number of nitrogens with zero attached hydrogens (tertiary/aromatic N) is 4. The van der Waals surface area contributed by atoms with Crippen LogP contribution in [-0.4, -0.2) is 19.1 Å². The molecule has 0 bridgehead atoms. The van der Waals surface area contributed by atoms with Gasteiger partial charge in [-0.25, -0.2) is 17.1 Å². The van der Waals surface area contributed by atoms with E-state index in [1.807, 2.05) is 85.1 Å². The largest absolute Gasteiger partial charge is 2.00 e. The molecule has 0 amide bonds. The number of aromatic nitrogens is 4. The molecular weight excluding hydrogens is 836 g/mol. The standard InChI is InChI=1S/C40H22N4O.Pt.Y/c1-2-10-27(11-3-1)28-21-23-42-40(24-28)44-36-15-7-5-13-32(36)34-20-18-30(26-38(34)44)45-29-17-19-33-31-12-4-6-14-35(31)43(37(33)25-29)39-16-8-9-22-41-39;;/h1-10,12-23H;;/q-4;+2;.